The molecular formula is C19H14ClNOS2. The Balaban J connectivity index is 1.87. The molecule has 1 fully saturated rings. The molecule has 0 radical (unpaired) electrons. The van der Waals surface area contributed by atoms with Crippen LogP contribution in [0.15, 0.2) is 71.2 Å². The fraction of sp³-hybridized carbons (Fsp3) is 0.0526. The molecule has 2 aromatic rings. The van der Waals surface area contributed by atoms with Crippen molar-refractivity contribution in [2.45, 2.75) is 6.92 Å². The Hall–Kier alpha value is -1.88. The third-order valence-electron chi connectivity index (χ3n) is 3.41. The van der Waals surface area contributed by atoms with Crippen LogP contribution in [0.25, 0.3) is 6.08 Å². The van der Waals surface area contributed by atoms with Crippen LogP contribution in [0.2, 0.25) is 5.02 Å². The number of benzene rings is 2. The number of thioether (sulfide) groups is 1. The molecule has 0 aromatic heterocycles. The summed E-state index contributed by atoms with van der Waals surface area (Å²) in [6.45, 7) is 1.97. The molecule has 0 saturated carbocycles. The second-order valence-electron chi connectivity index (χ2n) is 5.30. The zero-order chi connectivity index (χ0) is 17.1. The maximum atomic E-state index is 12.7. The summed E-state index contributed by atoms with van der Waals surface area (Å²) in [6.07, 6.45) is 3.91. The summed E-state index contributed by atoms with van der Waals surface area (Å²) in [6, 6.07) is 17.1. The van der Waals surface area contributed by atoms with Gasteiger partial charge in [0.15, 0.2) is 4.32 Å². The van der Waals surface area contributed by atoms with Crippen molar-refractivity contribution in [2.24, 2.45) is 0 Å². The largest absolute Gasteiger partial charge is 0.270 e. The van der Waals surface area contributed by atoms with Crippen LogP contribution in [0.1, 0.15) is 12.5 Å². The lowest BCUT2D eigenvalue weighted by Gasteiger charge is -2.14. The molecule has 1 aliphatic rings. The Bertz CT molecular complexity index is 859. The van der Waals surface area contributed by atoms with Gasteiger partial charge in [0.05, 0.1) is 10.6 Å². The SMILES string of the molecule is CC(/C=C1\SC(=S)N(c2cccc(Cl)c2)C1=O)=C\c1ccccc1. The van der Waals surface area contributed by atoms with E-state index in [2.05, 4.69) is 0 Å². The average Bonchev–Trinajstić information content (AvgIpc) is 2.82. The molecular weight excluding hydrogens is 358 g/mol. The lowest BCUT2D eigenvalue weighted by atomic mass is 10.1. The summed E-state index contributed by atoms with van der Waals surface area (Å²) < 4.78 is 0.515. The highest BCUT2D eigenvalue weighted by Gasteiger charge is 2.33. The Morgan fingerprint density at radius 1 is 1.17 bits per heavy atom. The zero-order valence-electron chi connectivity index (χ0n) is 12.9. The number of rotatable bonds is 3. The summed E-state index contributed by atoms with van der Waals surface area (Å²) in [4.78, 5) is 14.8. The molecule has 3 rings (SSSR count). The molecule has 120 valence electrons. The van der Waals surface area contributed by atoms with Gasteiger partial charge in [-0.05, 0) is 42.3 Å². The number of halogens is 1. The minimum absolute atomic E-state index is 0.118. The minimum atomic E-state index is -0.118. The summed E-state index contributed by atoms with van der Waals surface area (Å²) in [5.41, 5.74) is 2.78. The second-order valence-corrected chi connectivity index (χ2v) is 7.41. The molecule has 2 nitrogen and oxygen atoms in total. The maximum Gasteiger partial charge on any atom is 0.270 e. The smallest absolute Gasteiger partial charge is 0.268 e. The van der Waals surface area contributed by atoms with Crippen molar-refractivity contribution in [3.8, 4) is 0 Å². The van der Waals surface area contributed by atoms with Crippen LogP contribution in [0.5, 0.6) is 0 Å². The van der Waals surface area contributed by atoms with E-state index in [1.807, 2.05) is 55.5 Å². The maximum absolute atomic E-state index is 12.7. The van der Waals surface area contributed by atoms with Crippen molar-refractivity contribution in [3.05, 3.63) is 81.7 Å². The highest BCUT2D eigenvalue weighted by atomic mass is 35.5. The number of carbonyl (C=O) groups is 1. The third kappa shape index (κ3) is 3.78. The molecule has 0 aliphatic carbocycles. The predicted octanol–water partition coefficient (Wildman–Crippen LogP) is 5.69. The van der Waals surface area contributed by atoms with Crippen LogP contribution >= 0.6 is 35.6 Å². The monoisotopic (exact) mass is 371 g/mol. The summed E-state index contributed by atoms with van der Waals surface area (Å²) in [5.74, 6) is -0.118. The number of nitrogens with zero attached hydrogens (tertiary/aromatic N) is 1. The van der Waals surface area contributed by atoms with Gasteiger partial charge < -0.3 is 0 Å². The van der Waals surface area contributed by atoms with Gasteiger partial charge in [-0.2, -0.15) is 0 Å². The van der Waals surface area contributed by atoms with Gasteiger partial charge in [0, 0.05) is 5.02 Å². The Morgan fingerprint density at radius 2 is 1.92 bits per heavy atom. The molecule has 0 unspecified atom stereocenters. The van der Waals surface area contributed by atoms with Crippen LogP contribution in [0, 0.1) is 0 Å². The molecule has 1 saturated heterocycles. The highest BCUT2D eigenvalue weighted by Crippen LogP contribution is 2.36. The van der Waals surface area contributed by atoms with Crippen LogP contribution in [-0.4, -0.2) is 10.2 Å². The van der Waals surface area contributed by atoms with E-state index in [4.69, 9.17) is 23.8 Å². The van der Waals surface area contributed by atoms with Crippen molar-refractivity contribution in [3.63, 3.8) is 0 Å². The van der Waals surface area contributed by atoms with E-state index in [0.29, 0.717) is 19.9 Å². The van der Waals surface area contributed by atoms with E-state index in [9.17, 15) is 4.79 Å². The van der Waals surface area contributed by atoms with E-state index in [-0.39, 0.29) is 5.91 Å². The first kappa shape index (κ1) is 17.0. The lowest BCUT2D eigenvalue weighted by molar-refractivity contribution is -0.113. The van der Waals surface area contributed by atoms with Crippen LogP contribution in [0.4, 0.5) is 5.69 Å². The van der Waals surface area contributed by atoms with Crippen LogP contribution < -0.4 is 4.90 Å². The predicted molar refractivity (Wildman–Crippen MR) is 107 cm³/mol. The van der Waals surface area contributed by atoms with Crippen molar-refractivity contribution in [1.82, 2.24) is 0 Å². The van der Waals surface area contributed by atoms with E-state index in [1.165, 1.54) is 16.7 Å². The van der Waals surface area contributed by atoms with E-state index >= 15 is 0 Å². The van der Waals surface area contributed by atoms with Crippen molar-refractivity contribution < 1.29 is 4.79 Å². The van der Waals surface area contributed by atoms with Gasteiger partial charge in [-0.3, -0.25) is 9.69 Å². The Morgan fingerprint density at radius 3 is 2.62 bits per heavy atom. The van der Waals surface area contributed by atoms with E-state index < -0.39 is 0 Å². The first-order chi connectivity index (χ1) is 11.5. The molecule has 0 N–H and O–H groups in total. The molecule has 1 heterocycles. The fourth-order valence-electron chi connectivity index (χ4n) is 2.37. The van der Waals surface area contributed by atoms with Crippen LogP contribution in [-0.2, 0) is 4.79 Å². The topological polar surface area (TPSA) is 20.3 Å². The minimum Gasteiger partial charge on any atom is -0.268 e. The molecule has 1 amide bonds. The molecule has 24 heavy (non-hydrogen) atoms. The number of anilines is 1. The van der Waals surface area contributed by atoms with Crippen molar-refractivity contribution in [2.75, 3.05) is 4.90 Å². The number of allylic oxidation sites excluding steroid dienone is 2. The molecule has 0 spiro atoms. The molecule has 2 aromatic carbocycles. The first-order valence-electron chi connectivity index (χ1n) is 7.31. The van der Waals surface area contributed by atoms with Gasteiger partial charge in [0.1, 0.15) is 0 Å². The number of hydrogen-bond donors (Lipinski definition) is 0. The number of amides is 1. The first-order valence-corrected chi connectivity index (χ1v) is 8.92. The molecule has 1 aliphatic heterocycles. The molecule has 0 atom stereocenters. The molecule has 5 heteroatoms. The summed E-state index contributed by atoms with van der Waals surface area (Å²) in [5, 5.41) is 0.575. The molecule has 0 bridgehead atoms. The van der Waals surface area contributed by atoms with Crippen molar-refractivity contribution in [1.29, 1.82) is 0 Å². The van der Waals surface area contributed by atoms with Crippen LogP contribution in [0.3, 0.4) is 0 Å². The third-order valence-corrected chi connectivity index (χ3v) is 4.95. The van der Waals surface area contributed by atoms with Gasteiger partial charge in [-0.15, -0.1) is 0 Å². The zero-order valence-corrected chi connectivity index (χ0v) is 15.3. The normalized spacial score (nSPS) is 17.0. The standard InChI is InChI=1S/C19H14ClNOS2/c1-13(10-14-6-3-2-4-7-14)11-17-18(22)21(19(23)24-17)16-9-5-8-15(20)12-16/h2-12H,1H3/b13-10+,17-11-. The van der Waals surface area contributed by atoms with Gasteiger partial charge in [-0.25, -0.2) is 0 Å². The van der Waals surface area contributed by atoms with Gasteiger partial charge in [-0.1, -0.05) is 78.1 Å². The highest BCUT2D eigenvalue weighted by molar-refractivity contribution is 8.27. The van der Waals surface area contributed by atoms with E-state index in [1.54, 1.807) is 18.2 Å². The second kappa shape index (κ2) is 7.34. The fourth-order valence-corrected chi connectivity index (χ4v) is 3.90. The Labute approximate surface area is 155 Å². The summed E-state index contributed by atoms with van der Waals surface area (Å²) >= 11 is 12.7. The van der Waals surface area contributed by atoms with E-state index in [0.717, 1.165) is 11.1 Å². The average molecular weight is 372 g/mol. The van der Waals surface area contributed by atoms with Gasteiger partial charge in [0.2, 0.25) is 0 Å². The number of hydrogen-bond acceptors (Lipinski definition) is 3. The number of thiocarbonyl (C=S) groups is 1. The van der Waals surface area contributed by atoms with Gasteiger partial charge >= 0.3 is 0 Å². The van der Waals surface area contributed by atoms with Gasteiger partial charge in [0.25, 0.3) is 5.91 Å². The van der Waals surface area contributed by atoms with Crippen molar-refractivity contribution >= 4 is 57.6 Å². The quantitative estimate of drug-likeness (QED) is 0.510. The summed E-state index contributed by atoms with van der Waals surface area (Å²) in [7, 11) is 0. The number of carbonyl (C=O) groups excluding carboxylic acids is 1. The lowest BCUT2D eigenvalue weighted by Crippen LogP contribution is -2.27. The Kier molecular flexibility index (Phi) is 5.19.